The predicted molar refractivity (Wildman–Crippen MR) is 115 cm³/mol. The van der Waals surface area contributed by atoms with Gasteiger partial charge in [0.25, 0.3) is 5.22 Å². The highest BCUT2D eigenvalue weighted by Crippen LogP contribution is 2.26. The number of nitrogens with one attached hydrogen (secondary N) is 1. The molecule has 0 aliphatic carbocycles. The molecule has 9 heteroatoms. The first-order chi connectivity index (χ1) is 14.2. The van der Waals surface area contributed by atoms with Gasteiger partial charge in [0, 0.05) is 16.0 Å². The Hall–Kier alpha value is -2.68. The Balaban J connectivity index is 1.29. The van der Waals surface area contributed by atoms with E-state index < -0.39 is 0 Å². The Bertz CT molecular complexity index is 1100. The Morgan fingerprint density at radius 2 is 1.90 bits per heavy atom. The monoisotopic (exact) mass is 442 g/mol. The quantitative estimate of drug-likeness (QED) is 0.398. The zero-order chi connectivity index (χ0) is 20.1. The zero-order valence-electron chi connectivity index (χ0n) is 15.0. The average molecular weight is 443 g/mol. The largest absolute Gasteiger partial charge is 0.416 e. The molecule has 0 atom stereocenters. The summed E-state index contributed by atoms with van der Waals surface area (Å²) in [5, 5.41) is 14.3. The first kappa shape index (κ1) is 19.6. The number of thioether (sulfide) groups is 1. The van der Waals surface area contributed by atoms with E-state index in [4.69, 9.17) is 16.0 Å². The molecule has 0 spiro atoms. The molecule has 4 rings (SSSR count). The third-order valence-corrected chi connectivity index (χ3v) is 5.69. The number of rotatable bonds is 7. The summed E-state index contributed by atoms with van der Waals surface area (Å²) in [5.74, 6) is 0.490. The maximum absolute atomic E-state index is 12.2. The average Bonchev–Trinajstić information content (AvgIpc) is 3.37. The second-order valence-corrected chi connectivity index (χ2v) is 8.23. The number of carbonyl (C=O) groups is 1. The number of halogens is 1. The molecule has 29 heavy (non-hydrogen) atoms. The third-order valence-electron chi connectivity index (χ3n) is 3.86. The van der Waals surface area contributed by atoms with Crippen LogP contribution in [0.25, 0.3) is 11.3 Å². The van der Waals surface area contributed by atoms with Crippen molar-refractivity contribution < 1.29 is 9.21 Å². The molecule has 6 nitrogen and oxygen atoms in total. The van der Waals surface area contributed by atoms with Gasteiger partial charge in [0.05, 0.1) is 17.9 Å². The fourth-order valence-corrected chi connectivity index (χ4v) is 3.95. The number of anilines is 1. The van der Waals surface area contributed by atoms with E-state index in [1.807, 2.05) is 60.0 Å². The summed E-state index contributed by atoms with van der Waals surface area (Å²) in [6.45, 7) is 0. The van der Waals surface area contributed by atoms with E-state index in [0.29, 0.717) is 27.7 Å². The molecule has 0 unspecified atom stereocenters. The van der Waals surface area contributed by atoms with E-state index in [2.05, 4.69) is 20.5 Å². The highest BCUT2D eigenvalue weighted by Gasteiger charge is 2.12. The van der Waals surface area contributed by atoms with Crippen LogP contribution < -0.4 is 5.32 Å². The fourth-order valence-electron chi connectivity index (χ4n) is 2.51. The number of benzene rings is 2. The number of carbonyl (C=O) groups excluding carboxylic acids is 1. The van der Waals surface area contributed by atoms with Gasteiger partial charge in [-0.15, -0.1) is 21.5 Å². The summed E-state index contributed by atoms with van der Waals surface area (Å²) in [6, 6.07) is 17.3. The predicted octanol–water partition coefficient (Wildman–Crippen LogP) is 5.17. The van der Waals surface area contributed by atoms with Gasteiger partial charge in [0.15, 0.2) is 5.13 Å². The van der Waals surface area contributed by atoms with Crippen LogP contribution in [-0.2, 0) is 11.2 Å². The lowest BCUT2D eigenvalue weighted by atomic mass is 10.2. The van der Waals surface area contributed by atoms with Crippen molar-refractivity contribution in [2.75, 3.05) is 11.1 Å². The minimum atomic E-state index is -0.185. The van der Waals surface area contributed by atoms with Crippen molar-refractivity contribution in [3.05, 3.63) is 76.5 Å². The summed E-state index contributed by atoms with van der Waals surface area (Å²) in [4.78, 5) is 16.6. The van der Waals surface area contributed by atoms with E-state index >= 15 is 0 Å². The maximum atomic E-state index is 12.2. The van der Waals surface area contributed by atoms with E-state index in [-0.39, 0.29) is 11.7 Å². The molecular formula is C20H15ClN4O2S2. The van der Waals surface area contributed by atoms with Gasteiger partial charge in [-0.1, -0.05) is 65.8 Å². The van der Waals surface area contributed by atoms with Crippen molar-refractivity contribution in [3.8, 4) is 11.3 Å². The molecule has 0 fully saturated rings. The van der Waals surface area contributed by atoms with E-state index in [9.17, 15) is 4.79 Å². The third kappa shape index (κ3) is 5.44. The van der Waals surface area contributed by atoms with Crippen LogP contribution in [0.1, 0.15) is 11.5 Å². The second kappa shape index (κ2) is 9.21. The molecule has 2 aromatic heterocycles. The Kier molecular flexibility index (Phi) is 6.24. The second-order valence-electron chi connectivity index (χ2n) is 6.01. The van der Waals surface area contributed by atoms with E-state index in [1.54, 1.807) is 0 Å². The molecule has 0 saturated carbocycles. The zero-order valence-corrected chi connectivity index (χ0v) is 17.4. The van der Waals surface area contributed by atoms with Crippen molar-refractivity contribution in [1.29, 1.82) is 0 Å². The summed E-state index contributed by atoms with van der Waals surface area (Å²) < 4.78 is 5.60. The Morgan fingerprint density at radius 3 is 2.69 bits per heavy atom. The van der Waals surface area contributed by atoms with Crippen molar-refractivity contribution in [2.45, 2.75) is 11.6 Å². The van der Waals surface area contributed by atoms with Crippen LogP contribution in [-0.4, -0.2) is 26.8 Å². The van der Waals surface area contributed by atoms with Crippen LogP contribution in [0.4, 0.5) is 5.13 Å². The molecule has 0 radical (unpaired) electrons. The van der Waals surface area contributed by atoms with Crippen molar-refractivity contribution in [2.24, 2.45) is 0 Å². The molecule has 4 aromatic rings. The first-order valence-corrected chi connectivity index (χ1v) is 10.9. The van der Waals surface area contributed by atoms with Gasteiger partial charge in [0.2, 0.25) is 11.8 Å². The summed E-state index contributed by atoms with van der Waals surface area (Å²) in [6.07, 6.45) is 0.563. The number of thiazole rings is 1. The fraction of sp³-hybridized carbons (Fsp3) is 0.100. The molecule has 2 aromatic carbocycles. The van der Waals surface area contributed by atoms with Gasteiger partial charge in [-0.2, -0.15) is 0 Å². The number of amides is 1. The van der Waals surface area contributed by atoms with Crippen LogP contribution in [0.3, 0.4) is 0 Å². The van der Waals surface area contributed by atoms with Gasteiger partial charge >= 0.3 is 0 Å². The SMILES string of the molecule is O=C(CSc1nnc(Cc2ccccc2)o1)Nc1nc(-c2ccc(Cl)cc2)cs1. The van der Waals surface area contributed by atoms with Gasteiger partial charge < -0.3 is 9.73 Å². The molecule has 146 valence electrons. The molecular weight excluding hydrogens is 428 g/mol. The van der Waals surface area contributed by atoms with Crippen molar-refractivity contribution in [1.82, 2.24) is 15.2 Å². The van der Waals surface area contributed by atoms with E-state index in [1.165, 1.54) is 23.1 Å². The number of hydrogen-bond acceptors (Lipinski definition) is 7. The summed E-state index contributed by atoms with van der Waals surface area (Å²) >= 11 is 8.47. The van der Waals surface area contributed by atoms with Crippen molar-refractivity contribution >= 4 is 45.7 Å². The molecule has 0 aliphatic heterocycles. The first-order valence-electron chi connectivity index (χ1n) is 8.66. The Labute approximate surface area is 180 Å². The molecule has 1 amide bonds. The van der Waals surface area contributed by atoms with Crippen LogP contribution in [0.15, 0.2) is 69.6 Å². The van der Waals surface area contributed by atoms with Gasteiger partial charge in [-0.05, 0) is 17.7 Å². The maximum Gasteiger partial charge on any atom is 0.277 e. The molecule has 0 bridgehead atoms. The number of nitrogens with zero attached hydrogens (tertiary/aromatic N) is 3. The lowest BCUT2D eigenvalue weighted by molar-refractivity contribution is -0.113. The minimum absolute atomic E-state index is 0.156. The standard InChI is InChI=1S/C20H15ClN4O2S2/c21-15-8-6-14(7-9-15)16-11-28-19(22-16)23-17(26)12-29-20-25-24-18(27-20)10-13-4-2-1-3-5-13/h1-9,11H,10,12H2,(H,22,23,26). The van der Waals surface area contributed by atoms with Crippen LogP contribution in [0, 0.1) is 0 Å². The van der Waals surface area contributed by atoms with E-state index in [0.717, 1.165) is 16.8 Å². The molecule has 2 heterocycles. The normalized spacial score (nSPS) is 10.8. The van der Waals surface area contributed by atoms with Crippen LogP contribution >= 0.6 is 34.7 Å². The van der Waals surface area contributed by atoms with Crippen LogP contribution in [0.5, 0.6) is 0 Å². The van der Waals surface area contributed by atoms with Gasteiger partial charge in [0.1, 0.15) is 0 Å². The molecule has 0 saturated heterocycles. The highest BCUT2D eigenvalue weighted by atomic mass is 35.5. The molecule has 0 aliphatic rings. The van der Waals surface area contributed by atoms with Gasteiger partial charge in [-0.3, -0.25) is 4.79 Å². The lowest BCUT2D eigenvalue weighted by Gasteiger charge is -2.00. The smallest absolute Gasteiger partial charge is 0.277 e. The Morgan fingerprint density at radius 1 is 1.10 bits per heavy atom. The van der Waals surface area contributed by atoms with Crippen LogP contribution in [0.2, 0.25) is 5.02 Å². The summed E-state index contributed by atoms with van der Waals surface area (Å²) in [5.41, 5.74) is 2.82. The molecule has 1 N–H and O–H groups in total. The minimum Gasteiger partial charge on any atom is -0.416 e. The lowest BCUT2D eigenvalue weighted by Crippen LogP contribution is -2.13. The van der Waals surface area contributed by atoms with Gasteiger partial charge in [-0.25, -0.2) is 4.98 Å². The highest BCUT2D eigenvalue weighted by molar-refractivity contribution is 7.99. The topological polar surface area (TPSA) is 80.9 Å². The number of aromatic nitrogens is 3. The summed E-state index contributed by atoms with van der Waals surface area (Å²) in [7, 11) is 0. The van der Waals surface area contributed by atoms with Crippen molar-refractivity contribution in [3.63, 3.8) is 0 Å². The number of hydrogen-bond donors (Lipinski definition) is 1.